The highest BCUT2D eigenvalue weighted by Gasteiger charge is 2.31. The van der Waals surface area contributed by atoms with Crippen molar-refractivity contribution in [1.82, 2.24) is 0 Å². The second-order valence-electron chi connectivity index (χ2n) is 7.53. The third-order valence-electron chi connectivity index (χ3n) is 5.06. The van der Waals surface area contributed by atoms with Crippen molar-refractivity contribution >= 4 is 62.1 Å². The molecule has 0 fully saturated rings. The van der Waals surface area contributed by atoms with E-state index in [0.717, 1.165) is 4.31 Å². The fraction of sp³-hybridized carbons (Fsp3) is 0.208. The van der Waals surface area contributed by atoms with E-state index in [2.05, 4.69) is 5.32 Å². The van der Waals surface area contributed by atoms with Crippen LogP contribution in [0.3, 0.4) is 0 Å². The Morgan fingerprint density at radius 1 is 0.861 bits per heavy atom. The SMILES string of the molecule is COc1cc(NC(=O)CN(c2cc(Cl)cc(Cl)c2)S(=O)(=O)c2cc(C)ccc2OC)c(OC)cc1Cl. The summed E-state index contributed by atoms with van der Waals surface area (Å²) in [5.41, 5.74) is 1.01. The Bertz CT molecular complexity index is 1380. The molecule has 3 aromatic rings. The van der Waals surface area contributed by atoms with Gasteiger partial charge in [0, 0.05) is 22.2 Å². The third kappa shape index (κ3) is 6.10. The topological polar surface area (TPSA) is 94.2 Å². The minimum atomic E-state index is -4.32. The molecule has 0 aliphatic rings. The highest BCUT2D eigenvalue weighted by atomic mass is 35.5. The average Bonchev–Trinajstić information content (AvgIpc) is 2.82. The van der Waals surface area contributed by atoms with Crippen molar-refractivity contribution in [2.75, 3.05) is 37.5 Å². The van der Waals surface area contributed by atoms with Gasteiger partial charge in [-0.15, -0.1) is 0 Å². The summed E-state index contributed by atoms with van der Waals surface area (Å²) in [6.45, 7) is 1.12. The lowest BCUT2D eigenvalue weighted by atomic mass is 10.2. The number of methoxy groups -OCH3 is 3. The lowest BCUT2D eigenvalue weighted by Crippen LogP contribution is -2.38. The molecule has 1 N–H and O–H groups in total. The van der Waals surface area contributed by atoms with Crippen LogP contribution in [0.5, 0.6) is 17.2 Å². The number of anilines is 2. The Hall–Kier alpha value is -2.85. The van der Waals surface area contributed by atoms with Gasteiger partial charge in [0.05, 0.1) is 37.7 Å². The molecule has 0 saturated carbocycles. The van der Waals surface area contributed by atoms with Crippen LogP contribution in [0, 0.1) is 6.92 Å². The van der Waals surface area contributed by atoms with E-state index < -0.39 is 22.5 Å². The number of nitrogens with zero attached hydrogens (tertiary/aromatic N) is 1. The third-order valence-corrected chi connectivity index (χ3v) is 7.58. The number of carbonyl (C=O) groups excluding carboxylic acids is 1. The van der Waals surface area contributed by atoms with Crippen molar-refractivity contribution in [3.05, 3.63) is 69.2 Å². The van der Waals surface area contributed by atoms with Gasteiger partial charge in [-0.25, -0.2) is 8.42 Å². The molecule has 0 radical (unpaired) electrons. The van der Waals surface area contributed by atoms with Crippen molar-refractivity contribution in [2.45, 2.75) is 11.8 Å². The first-order valence-electron chi connectivity index (χ1n) is 10.3. The molecule has 0 saturated heterocycles. The summed E-state index contributed by atoms with van der Waals surface area (Å²) in [5.74, 6) is -0.00900. The highest BCUT2D eigenvalue weighted by molar-refractivity contribution is 7.93. The Balaban J connectivity index is 2.08. The molecular formula is C24H23Cl3N2O6S. The number of aryl methyl sites for hydroxylation is 1. The smallest absolute Gasteiger partial charge is 0.268 e. The number of carbonyl (C=O) groups is 1. The minimum absolute atomic E-state index is 0.0897. The molecule has 0 aliphatic heterocycles. The lowest BCUT2D eigenvalue weighted by molar-refractivity contribution is -0.114. The normalized spacial score (nSPS) is 11.1. The van der Waals surface area contributed by atoms with Gasteiger partial charge in [-0.1, -0.05) is 40.9 Å². The summed E-state index contributed by atoms with van der Waals surface area (Å²) in [6, 6.07) is 11.9. The maximum Gasteiger partial charge on any atom is 0.268 e. The second kappa shape index (κ2) is 11.5. The van der Waals surface area contributed by atoms with Gasteiger partial charge in [0.1, 0.15) is 28.7 Å². The predicted molar refractivity (Wildman–Crippen MR) is 142 cm³/mol. The number of rotatable bonds is 9. The quantitative estimate of drug-likeness (QED) is 0.347. The summed E-state index contributed by atoms with van der Waals surface area (Å²) in [5, 5.41) is 3.31. The van der Waals surface area contributed by atoms with Crippen LogP contribution in [0.15, 0.2) is 53.4 Å². The van der Waals surface area contributed by atoms with E-state index in [1.165, 1.54) is 63.8 Å². The number of hydrogen-bond acceptors (Lipinski definition) is 6. The molecule has 3 aromatic carbocycles. The lowest BCUT2D eigenvalue weighted by Gasteiger charge is -2.25. The summed E-state index contributed by atoms with van der Waals surface area (Å²) < 4.78 is 44.4. The van der Waals surface area contributed by atoms with Crippen LogP contribution in [-0.2, 0) is 14.8 Å². The molecule has 0 aromatic heterocycles. The number of sulfonamides is 1. The molecule has 192 valence electrons. The van der Waals surface area contributed by atoms with Gasteiger partial charge in [-0.3, -0.25) is 9.10 Å². The zero-order chi connectivity index (χ0) is 26.6. The van der Waals surface area contributed by atoms with E-state index >= 15 is 0 Å². The Labute approximate surface area is 224 Å². The number of nitrogens with one attached hydrogen (secondary N) is 1. The Morgan fingerprint density at radius 2 is 1.47 bits per heavy atom. The first-order valence-corrected chi connectivity index (χ1v) is 12.9. The van der Waals surface area contributed by atoms with Gasteiger partial charge in [0.2, 0.25) is 5.91 Å². The maximum absolute atomic E-state index is 13.9. The number of amides is 1. The van der Waals surface area contributed by atoms with Crippen molar-refractivity contribution in [3.8, 4) is 17.2 Å². The van der Waals surface area contributed by atoms with Crippen molar-refractivity contribution < 1.29 is 27.4 Å². The predicted octanol–water partition coefficient (Wildman–Crippen LogP) is 5.82. The van der Waals surface area contributed by atoms with E-state index in [9.17, 15) is 13.2 Å². The fourth-order valence-electron chi connectivity index (χ4n) is 3.38. The zero-order valence-corrected chi connectivity index (χ0v) is 22.8. The molecule has 0 spiro atoms. The molecule has 0 aliphatic carbocycles. The van der Waals surface area contributed by atoms with Crippen LogP contribution in [0.4, 0.5) is 11.4 Å². The van der Waals surface area contributed by atoms with Crippen LogP contribution in [0.2, 0.25) is 15.1 Å². The molecule has 0 atom stereocenters. The monoisotopic (exact) mass is 572 g/mol. The van der Waals surface area contributed by atoms with Gasteiger partial charge in [-0.2, -0.15) is 0 Å². The molecule has 12 heteroatoms. The molecule has 3 rings (SSSR count). The van der Waals surface area contributed by atoms with E-state index in [-0.39, 0.29) is 42.8 Å². The number of hydrogen-bond donors (Lipinski definition) is 1. The van der Waals surface area contributed by atoms with Gasteiger partial charge >= 0.3 is 0 Å². The van der Waals surface area contributed by atoms with E-state index in [1.54, 1.807) is 13.0 Å². The summed E-state index contributed by atoms with van der Waals surface area (Å²) in [4.78, 5) is 13.0. The summed E-state index contributed by atoms with van der Waals surface area (Å²) in [6.07, 6.45) is 0. The van der Waals surface area contributed by atoms with Crippen molar-refractivity contribution in [3.63, 3.8) is 0 Å². The number of ether oxygens (including phenoxy) is 3. The van der Waals surface area contributed by atoms with Gasteiger partial charge in [0.15, 0.2) is 0 Å². The summed E-state index contributed by atoms with van der Waals surface area (Å²) in [7, 11) is -0.136. The highest BCUT2D eigenvalue weighted by Crippen LogP contribution is 2.37. The number of halogens is 3. The second-order valence-corrected chi connectivity index (χ2v) is 10.6. The van der Waals surface area contributed by atoms with E-state index in [4.69, 9.17) is 49.0 Å². The molecule has 0 unspecified atom stereocenters. The first-order chi connectivity index (χ1) is 17.0. The standard InChI is InChI=1S/C24H23Cl3N2O6S/c1-14-5-6-20(33-2)23(7-14)36(31,32)29(17-9-15(25)8-16(26)10-17)13-24(30)28-19-12-21(34-3)18(27)11-22(19)35-4/h5-12H,13H2,1-4H3,(H,28,30). The minimum Gasteiger partial charge on any atom is -0.495 e. The Morgan fingerprint density at radius 3 is 2.06 bits per heavy atom. The van der Waals surface area contributed by atoms with Gasteiger partial charge in [0.25, 0.3) is 10.0 Å². The molecular weight excluding hydrogens is 551 g/mol. The van der Waals surface area contributed by atoms with Crippen LogP contribution in [0.1, 0.15) is 5.56 Å². The molecule has 36 heavy (non-hydrogen) atoms. The number of benzene rings is 3. The van der Waals surface area contributed by atoms with Crippen molar-refractivity contribution in [1.29, 1.82) is 0 Å². The van der Waals surface area contributed by atoms with Crippen LogP contribution >= 0.6 is 34.8 Å². The Kier molecular flexibility index (Phi) is 8.84. The average molecular weight is 574 g/mol. The summed E-state index contributed by atoms with van der Waals surface area (Å²) >= 11 is 18.4. The first kappa shape index (κ1) is 27.7. The fourth-order valence-corrected chi connectivity index (χ4v) is 5.77. The van der Waals surface area contributed by atoms with Crippen LogP contribution in [0.25, 0.3) is 0 Å². The van der Waals surface area contributed by atoms with Gasteiger partial charge in [-0.05, 0) is 42.8 Å². The maximum atomic E-state index is 13.9. The molecule has 0 heterocycles. The largest absolute Gasteiger partial charge is 0.495 e. The van der Waals surface area contributed by atoms with Crippen LogP contribution < -0.4 is 23.8 Å². The van der Waals surface area contributed by atoms with E-state index in [1.807, 2.05) is 0 Å². The molecule has 8 nitrogen and oxygen atoms in total. The van der Waals surface area contributed by atoms with Gasteiger partial charge < -0.3 is 19.5 Å². The van der Waals surface area contributed by atoms with E-state index in [0.29, 0.717) is 11.3 Å². The molecule has 0 bridgehead atoms. The zero-order valence-electron chi connectivity index (χ0n) is 19.8. The van der Waals surface area contributed by atoms with Crippen LogP contribution in [-0.4, -0.2) is 42.2 Å². The molecule has 1 amide bonds. The van der Waals surface area contributed by atoms with Crippen molar-refractivity contribution in [2.24, 2.45) is 0 Å².